The molecule has 0 spiro atoms. The largest absolute Gasteiger partial charge is 0.457 e. The van der Waals surface area contributed by atoms with Gasteiger partial charge >= 0.3 is 0 Å². The van der Waals surface area contributed by atoms with Gasteiger partial charge in [0.2, 0.25) is 0 Å². The highest BCUT2D eigenvalue weighted by molar-refractivity contribution is 6.30. The van der Waals surface area contributed by atoms with Crippen LogP contribution in [0.15, 0.2) is 63.5 Å². The first-order chi connectivity index (χ1) is 16.1. The summed E-state index contributed by atoms with van der Waals surface area (Å²) in [6.45, 7) is 3.68. The summed E-state index contributed by atoms with van der Waals surface area (Å²) in [5.74, 6) is 0.761. The van der Waals surface area contributed by atoms with Crippen molar-refractivity contribution in [2.45, 2.75) is 19.3 Å². The number of nitrogens with zero attached hydrogens (tertiary/aromatic N) is 2. The summed E-state index contributed by atoms with van der Waals surface area (Å²) in [6.07, 6.45) is 11.7. The molecule has 0 aromatic carbocycles. The average molecular weight is 465 g/mol. The number of carbonyl (C=O) groups excluding carboxylic acids is 2. The Morgan fingerprint density at radius 3 is 2.97 bits per heavy atom. The molecule has 1 atom stereocenters. The smallest absolute Gasteiger partial charge is 0.252 e. The maximum absolute atomic E-state index is 12.6. The summed E-state index contributed by atoms with van der Waals surface area (Å²) < 4.78 is 5.97. The Bertz CT molecular complexity index is 1170. The summed E-state index contributed by atoms with van der Waals surface area (Å²) >= 11 is 6.17. The van der Waals surface area contributed by atoms with Crippen molar-refractivity contribution in [2.24, 2.45) is 5.92 Å². The van der Waals surface area contributed by atoms with E-state index in [0.29, 0.717) is 46.2 Å². The van der Waals surface area contributed by atoms with Crippen LogP contribution in [0, 0.1) is 5.92 Å². The van der Waals surface area contributed by atoms with Crippen LogP contribution in [0.3, 0.4) is 0 Å². The second-order valence-electron chi connectivity index (χ2n) is 8.52. The number of carbonyl (C=O) groups is 2. The topological polar surface area (TPSA) is 87.5 Å². The number of furan rings is 1. The number of pyridine rings is 1. The van der Waals surface area contributed by atoms with Crippen molar-refractivity contribution in [1.82, 2.24) is 20.5 Å². The number of aromatic nitrogens is 1. The number of amides is 2. The molecule has 2 saturated heterocycles. The van der Waals surface area contributed by atoms with Crippen LogP contribution in [0.5, 0.6) is 0 Å². The maximum atomic E-state index is 12.6. The quantitative estimate of drug-likeness (QED) is 0.636. The Labute approximate surface area is 197 Å². The van der Waals surface area contributed by atoms with Gasteiger partial charge in [0.1, 0.15) is 11.5 Å². The van der Waals surface area contributed by atoms with E-state index in [-0.39, 0.29) is 17.7 Å². The van der Waals surface area contributed by atoms with Gasteiger partial charge in [0.25, 0.3) is 11.8 Å². The maximum Gasteiger partial charge on any atom is 0.252 e. The van der Waals surface area contributed by atoms with Crippen LogP contribution >= 0.6 is 11.6 Å². The summed E-state index contributed by atoms with van der Waals surface area (Å²) in [5.41, 5.74) is 2.67. The van der Waals surface area contributed by atoms with Gasteiger partial charge in [0.05, 0.1) is 5.56 Å². The highest BCUT2D eigenvalue weighted by atomic mass is 35.5. The Kier molecular flexibility index (Phi) is 6.15. The molecule has 0 radical (unpaired) electrons. The molecule has 7 nitrogen and oxygen atoms in total. The molecule has 2 aliphatic heterocycles. The summed E-state index contributed by atoms with van der Waals surface area (Å²) in [4.78, 5) is 31.6. The molecule has 2 amide bonds. The van der Waals surface area contributed by atoms with E-state index < -0.39 is 0 Å². The molecule has 3 aliphatic rings. The number of halogens is 1. The van der Waals surface area contributed by atoms with Gasteiger partial charge in [0, 0.05) is 53.3 Å². The molecule has 2 aromatic heterocycles. The molecular weight excluding hydrogens is 440 g/mol. The third kappa shape index (κ3) is 4.79. The van der Waals surface area contributed by atoms with Gasteiger partial charge in [-0.25, -0.2) is 0 Å². The first-order valence-corrected chi connectivity index (χ1v) is 11.6. The van der Waals surface area contributed by atoms with Gasteiger partial charge in [-0.05, 0) is 68.8 Å². The molecule has 170 valence electrons. The van der Waals surface area contributed by atoms with E-state index in [1.807, 2.05) is 18.2 Å². The van der Waals surface area contributed by atoms with E-state index in [9.17, 15) is 9.59 Å². The number of hydrogen-bond acceptors (Lipinski definition) is 5. The zero-order chi connectivity index (χ0) is 22.8. The lowest BCUT2D eigenvalue weighted by atomic mass is 9.92. The molecule has 4 heterocycles. The number of fused-ring (bicyclic) bond motifs is 1. The molecule has 5 rings (SSSR count). The fraction of sp³-hybridized carbons (Fsp3) is 0.320. The van der Waals surface area contributed by atoms with Crippen LogP contribution in [0.2, 0.25) is 0 Å². The van der Waals surface area contributed by atoms with Crippen molar-refractivity contribution in [3.05, 3.63) is 70.4 Å². The van der Waals surface area contributed by atoms with E-state index in [2.05, 4.69) is 20.5 Å². The molecule has 2 N–H and O–H groups in total. The molecule has 2 aromatic rings. The van der Waals surface area contributed by atoms with E-state index in [4.69, 9.17) is 16.0 Å². The minimum atomic E-state index is -0.151. The minimum absolute atomic E-state index is 0.0854. The Balaban J connectivity index is 1.27. The van der Waals surface area contributed by atoms with E-state index in [1.54, 1.807) is 30.6 Å². The predicted octanol–water partition coefficient (Wildman–Crippen LogP) is 3.71. The molecule has 1 aliphatic carbocycles. The summed E-state index contributed by atoms with van der Waals surface area (Å²) in [7, 11) is 0. The third-order valence-corrected chi connectivity index (χ3v) is 6.52. The SMILES string of the molecule is O=C1NC2=CC=C(Cl)CC2/C1=C\c1ccc(-c2cncc(C(=O)NCCN3CCCC3)c2)o1. The molecule has 33 heavy (non-hydrogen) atoms. The Morgan fingerprint density at radius 1 is 1.27 bits per heavy atom. The van der Waals surface area contributed by atoms with Crippen LogP contribution in [-0.4, -0.2) is 47.9 Å². The van der Waals surface area contributed by atoms with E-state index in [1.165, 1.54) is 12.8 Å². The predicted molar refractivity (Wildman–Crippen MR) is 126 cm³/mol. The van der Waals surface area contributed by atoms with E-state index in [0.717, 1.165) is 25.3 Å². The van der Waals surface area contributed by atoms with Crippen LogP contribution in [-0.2, 0) is 4.79 Å². The minimum Gasteiger partial charge on any atom is -0.457 e. The van der Waals surface area contributed by atoms with Crippen molar-refractivity contribution in [2.75, 3.05) is 26.2 Å². The van der Waals surface area contributed by atoms with Gasteiger partial charge in [-0.15, -0.1) is 0 Å². The van der Waals surface area contributed by atoms with Crippen molar-refractivity contribution >= 4 is 29.5 Å². The van der Waals surface area contributed by atoms with Crippen molar-refractivity contribution < 1.29 is 14.0 Å². The fourth-order valence-electron chi connectivity index (χ4n) is 4.48. The van der Waals surface area contributed by atoms with Crippen molar-refractivity contribution in [3.8, 4) is 11.3 Å². The van der Waals surface area contributed by atoms with Gasteiger partial charge < -0.3 is 20.0 Å². The lowest BCUT2D eigenvalue weighted by Crippen LogP contribution is -2.33. The normalized spacial score (nSPS) is 21.5. The standard InChI is InChI=1S/C25H25ClN4O3/c26-18-3-5-22-20(12-18)21(25(32)29-22)13-19-4-6-23(33-19)16-11-17(15-27-14-16)24(31)28-7-10-30-8-1-2-9-30/h3-6,11,13-15,20H,1-2,7-10,12H2,(H,28,31)(H,29,32)/b21-13+. The number of hydrogen-bond donors (Lipinski definition) is 2. The first-order valence-electron chi connectivity index (χ1n) is 11.2. The zero-order valence-electron chi connectivity index (χ0n) is 18.1. The summed E-state index contributed by atoms with van der Waals surface area (Å²) in [6, 6.07) is 5.39. The fourth-order valence-corrected chi connectivity index (χ4v) is 4.69. The molecular formula is C25H25ClN4O3. The second kappa shape index (κ2) is 9.37. The Morgan fingerprint density at radius 2 is 2.12 bits per heavy atom. The number of nitrogens with one attached hydrogen (secondary N) is 2. The number of allylic oxidation sites excluding steroid dienone is 4. The first kappa shape index (κ1) is 21.7. The van der Waals surface area contributed by atoms with Crippen molar-refractivity contribution in [1.29, 1.82) is 0 Å². The van der Waals surface area contributed by atoms with Crippen LogP contribution in [0.1, 0.15) is 35.4 Å². The Hall–Kier alpha value is -3.16. The van der Waals surface area contributed by atoms with Crippen molar-refractivity contribution in [3.63, 3.8) is 0 Å². The molecule has 0 bridgehead atoms. The third-order valence-electron chi connectivity index (χ3n) is 6.24. The molecule has 8 heteroatoms. The monoisotopic (exact) mass is 464 g/mol. The summed E-state index contributed by atoms with van der Waals surface area (Å²) in [5, 5.41) is 6.57. The average Bonchev–Trinajstić information content (AvgIpc) is 3.56. The van der Waals surface area contributed by atoms with Crippen LogP contribution in [0.25, 0.3) is 17.4 Å². The van der Waals surface area contributed by atoms with Crippen LogP contribution < -0.4 is 10.6 Å². The van der Waals surface area contributed by atoms with Gasteiger partial charge in [-0.1, -0.05) is 11.6 Å². The van der Waals surface area contributed by atoms with Gasteiger partial charge in [-0.2, -0.15) is 0 Å². The van der Waals surface area contributed by atoms with Crippen LogP contribution in [0.4, 0.5) is 0 Å². The molecule has 1 unspecified atom stereocenters. The lowest BCUT2D eigenvalue weighted by Gasteiger charge is -2.14. The molecule has 0 saturated carbocycles. The lowest BCUT2D eigenvalue weighted by molar-refractivity contribution is -0.115. The van der Waals surface area contributed by atoms with E-state index >= 15 is 0 Å². The number of likely N-dealkylation sites (tertiary alicyclic amines) is 1. The number of rotatable bonds is 6. The highest BCUT2D eigenvalue weighted by Gasteiger charge is 2.34. The second-order valence-corrected chi connectivity index (χ2v) is 9.00. The zero-order valence-corrected chi connectivity index (χ0v) is 18.9. The van der Waals surface area contributed by atoms with Gasteiger partial charge in [-0.3, -0.25) is 14.6 Å². The highest BCUT2D eigenvalue weighted by Crippen LogP contribution is 2.37. The van der Waals surface area contributed by atoms with Gasteiger partial charge in [0.15, 0.2) is 0 Å². The molecule has 2 fully saturated rings.